The van der Waals surface area contributed by atoms with Gasteiger partial charge < -0.3 is 14.8 Å². The molecule has 0 aliphatic carbocycles. The molecule has 1 aromatic carbocycles. The summed E-state index contributed by atoms with van der Waals surface area (Å²) in [7, 11) is 1.57. The second-order valence-electron chi connectivity index (χ2n) is 7.84. The molecule has 1 atom stereocenters. The summed E-state index contributed by atoms with van der Waals surface area (Å²) in [5.41, 5.74) is 2.30. The van der Waals surface area contributed by atoms with Gasteiger partial charge >= 0.3 is 0 Å². The van der Waals surface area contributed by atoms with Crippen molar-refractivity contribution in [3.05, 3.63) is 45.6 Å². The van der Waals surface area contributed by atoms with Gasteiger partial charge in [0, 0.05) is 6.61 Å². The standard InChI is InChI=1S/C22H23N5O4S2/c1-13-5-6-17(30-2)15(10-13)23-18(28)12-33-22-25-24-21-26(11-14-4-3-8-31-14)20(29)19-16(27(21)22)7-9-32-19/h5-7,9-10,14H,3-4,8,11-12H2,1-2H3,(H,23,28)/t14-/m1/s1. The van der Waals surface area contributed by atoms with Crippen LogP contribution in [0.3, 0.4) is 0 Å². The Morgan fingerprint density at radius 2 is 2.24 bits per heavy atom. The van der Waals surface area contributed by atoms with Gasteiger partial charge in [0.1, 0.15) is 10.4 Å². The van der Waals surface area contributed by atoms with Crippen molar-refractivity contribution in [2.45, 2.75) is 37.6 Å². The van der Waals surface area contributed by atoms with Crippen LogP contribution in [-0.2, 0) is 16.1 Å². The monoisotopic (exact) mass is 485 g/mol. The third kappa shape index (κ3) is 4.23. The lowest BCUT2D eigenvalue weighted by atomic mass is 10.2. The smallest absolute Gasteiger partial charge is 0.272 e. The van der Waals surface area contributed by atoms with Crippen LogP contribution >= 0.6 is 23.1 Å². The summed E-state index contributed by atoms with van der Waals surface area (Å²) in [6, 6.07) is 7.50. The lowest BCUT2D eigenvalue weighted by Gasteiger charge is -2.13. The fourth-order valence-electron chi connectivity index (χ4n) is 3.99. The molecular weight excluding hydrogens is 462 g/mol. The number of aromatic nitrogens is 4. The van der Waals surface area contributed by atoms with Gasteiger partial charge in [-0.25, -0.2) is 0 Å². The minimum absolute atomic E-state index is 0.00759. The average Bonchev–Trinajstić information content (AvgIpc) is 3.56. The minimum atomic E-state index is -0.185. The maximum atomic E-state index is 13.1. The molecular formula is C22H23N5O4S2. The lowest BCUT2D eigenvalue weighted by molar-refractivity contribution is -0.113. The van der Waals surface area contributed by atoms with Crippen molar-refractivity contribution >= 4 is 50.7 Å². The highest BCUT2D eigenvalue weighted by molar-refractivity contribution is 7.99. The van der Waals surface area contributed by atoms with Crippen molar-refractivity contribution < 1.29 is 14.3 Å². The number of rotatable bonds is 7. The van der Waals surface area contributed by atoms with Crippen molar-refractivity contribution in [2.75, 3.05) is 24.8 Å². The molecule has 1 fully saturated rings. The summed E-state index contributed by atoms with van der Waals surface area (Å²) < 4.78 is 15.2. The minimum Gasteiger partial charge on any atom is -0.495 e. The Morgan fingerprint density at radius 1 is 1.36 bits per heavy atom. The molecule has 1 saturated heterocycles. The molecule has 3 aromatic heterocycles. The Labute approximate surface area is 197 Å². The van der Waals surface area contributed by atoms with E-state index in [0.29, 0.717) is 40.2 Å². The molecule has 9 nitrogen and oxygen atoms in total. The third-order valence-corrected chi connectivity index (χ3v) is 7.37. The van der Waals surface area contributed by atoms with Crippen molar-refractivity contribution in [2.24, 2.45) is 0 Å². The van der Waals surface area contributed by atoms with Gasteiger partial charge in [0.15, 0.2) is 5.16 Å². The molecule has 5 rings (SSSR count). The van der Waals surface area contributed by atoms with Crippen molar-refractivity contribution in [3.63, 3.8) is 0 Å². The summed E-state index contributed by atoms with van der Waals surface area (Å²) in [6.45, 7) is 3.10. The van der Waals surface area contributed by atoms with E-state index in [2.05, 4.69) is 15.5 Å². The fourth-order valence-corrected chi connectivity index (χ4v) is 5.55. The summed E-state index contributed by atoms with van der Waals surface area (Å²) in [4.78, 5) is 25.8. The van der Waals surface area contributed by atoms with E-state index < -0.39 is 0 Å². The molecule has 4 heterocycles. The molecule has 1 aliphatic heterocycles. The van der Waals surface area contributed by atoms with Gasteiger partial charge in [0.25, 0.3) is 5.56 Å². The maximum Gasteiger partial charge on any atom is 0.272 e. The molecule has 1 aliphatic rings. The van der Waals surface area contributed by atoms with Gasteiger partial charge in [0.2, 0.25) is 11.7 Å². The predicted octanol–water partition coefficient (Wildman–Crippen LogP) is 3.33. The number of carbonyl (C=O) groups excluding carboxylic acids is 1. The molecule has 172 valence electrons. The molecule has 0 unspecified atom stereocenters. The first-order valence-corrected chi connectivity index (χ1v) is 12.5. The number of carbonyl (C=O) groups is 1. The van der Waals surface area contributed by atoms with E-state index in [0.717, 1.165) is 23.9 Å². The molecule has 0 spiro atoms. The quantitative estimate of drug-likeness (QED) is 0.401. The van der Waals surface area contributed by atoms with E-state index in [-0.39, 0.29) is 23.3 Å². The number of amides is 1. The van der Waals surface area contributed by atoms with E-state index in [1.165, 1.54) is 23.1 Å². The number of benzene rings is 1. The van der Waals surface area contributed by atoms with Gasteiger partial charge in [0.05, 0.1) is 36.7 Å². The number of hydrogen-bond donors (Lipinski definition) is 1. The predicted molar refractivity (Wildman–Crippen MR) is 129 cm³/mol. The van der Waals surface area contributed by atoms with E-state index >= 15 is 0 Å². The molecule has 33 heavy (non-hydrogen) atoms. The van der Waals surface area contributed by atoms with Gasteiger partial charge in [-0.15, -0.1) is 21.5 Å². The van der Waals surface area contributed by atoms with E-state index in [9.17, 15) is 9.59 Å². The highest BCUT2D eigenvalue weighted by atomic mass is 32.2. The Kier molecular flexibility index (Phi) is 6.09. The largest absolute Gasteiger partial charge is 0.495 e. The number of thiophene rings is 1. The van der Waals surface area contributed by atoms with Crippen LogP contribution in [-0.4, -0.2) is 50.6 Å². The Morgan fingerprint density at radius 3 is 3.03 bits per heavy atom. The fraction of sp³-hybridized carbons (Fsp3) is 0.364. The average molecular weight is 486 g/mol. The maximum absolute atomic E-state index is 13.1. The number of methoxy groups -OCH3 is 1. The van der Waals surface area contributed by atoms with E-state index in [1.54, 1.807) is 11.7 Å². The molecule has 0 bridgehead atoms. The Hall–Kier alpha value is -2.89. The first-order valence-electron chi connectivity index (χ1n) is 10.6. The zero-order valence-corrected chi connectivity index (χ0v) is 19.9. The number of hydrogen-bond acceptors (Lipinski definition) is 8. The molecule has 11 heteroatoms. The van der Waals surface area contributed by atoms with Crippen LogP contribution in [0.25, 0.3) is 16.0 Å². The van der Waals surface area contributed by atoms with Crippen LogP contribution < -0.4 is 15.6 Å². The number of nitrogens with zero attached hydrogens (tertiary/aromatic N) is 4. The number of aryl methyl sites for hydroxylation is 1. The van der Waals surface area contributed by atoms with Gasteiger partial charge in [-0.1, -0.05) is 17.8 Å². The summed E-state index contributed by atoms with van der Waals surface area (Å²) in [6.07, 6.45) is 1.90. The molecule has 4 aromatic rings. The van der Waals surface area contributed by atoms with Crippen molar-refractivity contribution in [3.8, 4) is 5.75 Å². The Balaban J connectivity index is 1.42. The second-order valence-corrected chi connectivity index (χ2v) is 9.70. The van der Waals surface area contributed by atoms with Crippen LogP contribution in [0.15, 0.2) is 39.6 Å². The topological polar surface area (TPSA) is 99.8 Å². The highest BCUT2D eigenvalue weighted by Crippen LogP contribution is 2.27. The van der Waals surface area contributed by atoms with Crippen molar-refractivity contribution in [1.82, 2.24) is 19.2 Å². The third-order valence-electron chi connectivity index (χ3n) is 5.55. The molecule has 0 radical (unpaired) electrons. The van der Waals surface area contributed by atoms with Crippen molar-refractivity contribution in [1.29, 1.82) is 0 Å². The second kappa shape index (κ2) is 9.16. The first-order chi connectivity index (χ1) is 16.0. The molecule has 1 amide bonds. The highest BCUT2D eigenvalue weighted by Gasteiger charge is 2.23. The first kappa shape index (κ1) is 21.9. The summed E-state index contributed by atoms with van der Waals surface area (Å²) in [5, 5.41) is 13.9. The van der Waals surface area contributed by atoms with Crippen LogP contribution in [0, 0.1) is 6.92 Å². The molecule has 1 N–H and O–H groups in total. The van der Waals surface area contributed by atoms with Crippen LogP contribution in [0.4, 0.5) is 5.69 Å². The lowest BCUT2D eigenvalue weighted by Crippen LogP contribution is -2.28. The number of nitrogens with one attached hydrogen (secondary N) is 1. The number of anilines is 1. The summed E-state index contributed by atoms with van der Waals surface area (Å²) >= 11 is 2.66. The zero-order valence-electron chi connectivity index (χ0n) is 18.2. The normalized spacial score (nSPS) is 16.0. The zero-order chi connectivity index (χ0) is 22.9. The number of fused-ring (bicyclic) bond motifs is 3. The van der Waals surface area contributed by atoms with Crippen LogP contribution in [0.1, 0.15) is 18.4 Å². The number of thioether (sulfide) groups is 1. The SMILES string of the molecule is COc1ccc(C)cc1NC(=O)CSc1nnc2n(C[C@H]3CCCO3)c(=O)c3sccc3n12. The van der Waals surface area contributed by atoms with Gasteiger partial charge in [-0.2, -0.15) is 0 Å². The van der Waals surface area contributed by atoms with Gasteiger partial charge in [-0.05, 0) is 48.9 Å². The van der Waals surface area contributed by atoms with Crippen LogP contribution in [0.2, 0.25) is 0 Å². The summed E-state index contributed by atoms with van der Waals surface area (Å²) in [5.74, 6) is 1.01. The van der Waals surface area contributed by atoms with E-state index in [4.69, 9.17) is 9.47 Å². The van der Waals surface area contributed by atoms with Gasteiger partial charge in [-0.3, -0.25) is 18.6 Å². The van der Waals surface area contributed by atoms with Crippen LogP contribution in [0.5, 0.6) is 5.75 Å². The Bertz CT molecular complexity index is 1390. The van der Waals surface area contributed by atoms with E-state index in [1.807, 2.05) is 41.0 Å². The number of ether oxygens (including phenoxy) is 2. The molecule has 0 saturated carbocycles.